The maximum atomic E-state index is 12.9. The first-order valence-corrected chi connectivity index (χ1v) is 10.1. The number of amides is 2. The van der Waals surface area contributed by atoms with Crippen LogP contribution >= 0.6 is 0 Å². The van der Waals surface area contributed by atoms with Gasteiger partial charge in [0.15, 0.2) is 0 Å². The van der Waals surface area contributed by atoms with Crippen LogP contribution in [0.5, 0.6) is 0 Å². The topological polar surface area (TPSA) is 53.0 Å². The summed E-state index contributed by atoms with van der Waals surface area (Å²) in [7, 11) is 0. The molecule has 4 aliphatic rings. The monoisotopic (exact) mass is 363 g/mol. The third kappa shape index (κ3) is 2.20. The average molecular weight is 363 g/mol. The van der Waals surface area contributed by atoms with Crippen LogP contribution < -0.4 is 4.90 Å². The Morgan fingerprint density at radius 2 is 1.59 bits per heavy atom. The second-order valence-electron chi connectivity index (χ2n) is 8.22. The lowest BCUT2D eigenvalue weighted by molar-refractivity contribution is -0.141. The average Bonchev–Trinajstić information content (AvgIpc) is 3.29. The molecule has 1 spiro atoms. The number of imide groups is 1. The van der Waals surface area contributed by atoms with Crippen molar-refractivity contribution >= 4 is 23.7 Å². The first-order chi connectivity index (χ1) is 13.1. The molecule has 3 fully saturated rings. The van der Waals surface area contributed by atoms with Crippen LogP contribution in [0.15, 0.2) is 41.5 Å². The molecule has 5 rings (SSSR count). The SMILES string of the molecule is CCN(CC)c1ccc(/C=N\N2C(=O)[C@@H]3[C@H](C2=O)[C@H]2C=C[C@H]3C23CC3)cc1. The molecule has 1 saturated heterocycles. The lowest BCUT2D eigenvalue weighted by Crippen LogP contribution is -2.30. The Balaban J connectivity index is 1.34. The number of benzene rings is 1. The van der Waals surface area contributed by atoms with Gasteiger partial charge >= 0.3 is 0 Å². The number of carbonyl (C=O) groups excluding carboxylic acids is 2. The Bertz CT molecular complexity index is 815. The molecule has 5 heteroatoms. The first kappa shape index (κ1) is 16.7. The van der Waals surface area contributed by atoms with Crippen LogP contribution in [-0.2, 0) is 9.59 Å². The molecular formula is C22H25N3O2. The molecule has 1 aliphatic heterocycles. The third-order valence-corrected chi connectivity index (χ3v) is 7.17. The lowest BCUT2D eigenvalue weighted by atomic mass is 9.85. The van der Waals surface area contributed by atoms with Gasteiger partial charge in [0.1, 0.15) is 0 Å². The maximum absolute atomic E-state index is 12.9. The van der Waals surface area contributed by atoms with Crippen LogP contribution in [0.1, 0.15) is 32.3 Å². The van der Waals surface area contributed by atoms with E-state index in [0.29, 0.717) is 0 Å². The van der Waals surface area contributed by atoms with Crippen LogP contribution in [0.25, 0.3) is 0 Å². The fourth-order valence-electron chi connectivity index (χ4n) is 5.66. The minimum atomic E-state index is -0.183. The Morgan fingerprint density at radius 1 is 1.04 bits per heavy atom. The summed E-state index contributed by atoms with van der Waals surface area (Å²) in [5.41, 5.74) is 2.29. The van der Waals surface area contributed by atoms with Crippen molar-refractivity contribution in [3.05, 3.63) is 42.0 Å². The molecule has 1 heterocycles. The van der Waals surface area contributed by atoms with E-state index in [2.05, 4.69) is 48.1 Å². The van der Waals surface area contributed by atoms with Crippen molar-refractivity contribution in [3.63, 3.8) is 0 Å². The van der Waals surface area contributed by atoms with Gasteiger partial charge in [0, 0.05) is 18.8 Å². The van der Waals surface area contributed by atoms with Crippen molar-refractivity contribution in [1.82, 2.24) is 5.01 Å². The number of carbonyl (C=O) groups is 2. The van der Waals surface area contributed by atoms with Crippen LogP contribution in [0.3, 0.4) is 0 Å². The highest BCUT2D eigenvalue weighted by molar-refractivity contribution is 6.07. The number of nitrogens with zero attached hydrogens (tertiary/aromatic N) is 3. The molecule has 1 aromatic rings. The van der Waals surface area contributed by atoms with Gasteiger partial charge in [-0.15, -0.1) is 0 Å². The highest BCUT2D eigenvalue weighted by atomic mass is 16.2. The van der Waals surface area contributed by atoms with Crippen molar-refractivity contribution in [3.8, 4) is 0 Å². The Hall–Kier alpha value is -2.43. The van der Waals surface area contributed by atoms with Gasteiger partial charge in [-0.2, -0.15) is 10.1 Å². The highest BCUT2D eigenvalue weighted by Crippen LogP contribution is 2.73. The summed E-state index contributed by atoms with van der Waals surface area (Å²) < 4.78 is 0. The number of rotatable bonds is 5. The zero-order valence-electron chi connectivity index (χ0n) is 15.8. The molecule has 0 aromatic heterocycles. The van der Waals surface area contributed by atoms with E-state index in [1.54, 1.807) is 6.21 Å². The number of hydrogen-bond donors (Lipinski definition) is 0. The zero-order valence-corrected chi connectivity index (χ0v) is 15.8. The molecule has 5 nitrogen and oxygen atoms in total. The van der Waals surface area contributed by atoms with Gasteiger partial charge in [-0.05, 0) is 61.6 Å². The summed E-state index contributed by atoms with van der Waals surface area (Å²) in [6.45, 7) is 6.19. The van der Waals surface area contributed by atoms with E-state index in [1.807, 2.05) is 12.1 Å². The van der Waals surface area contributed by atoms with Gasteiger partial charge in [0.05, 0.1) is 18.1 Å². The van der Waals surface area contributed by atoms with Crippen molar-refractivity contribution < 1.29 is 9.59 Å². The largest absolute Gasteiger partial charge is 0.372 e. The fourth-order valence-corrected chi connectivity index (χ4v) is 5.66. The minimum Gasteiger partial charge on any atom is -0.372 e. The van der Waals surface area contributed by atoms with E-state index in [-0.39, 0.29) is 40.9 Å². The molecule has 3 aliphatic carbocycles. The Kier molecular flexibility index (Phi) is 3.58. The quantitative estimate of drug-likeness (QED) is 0.459. The second-order valence-corrected chi connectivity index (χ2v) is 8.22. The van der Waals surface area contributed by atoms with E-state index >= 15 is 0 Å². The maximum Gasteiger partial charge on any atom is 0.254 e. The summed E-state index contributed by atoms with van der Waals surface area (Å²) in [5, 5.41) is 5.42. The normalized spacial score (nSPS) is 32.1. The van der Waals surface area contributed by atoms with Gasteiger partial charge in [0.25, 0.3) is 11.8 Å². The van der Waals surface area contributed by atoms with Gasteiger partial charge in [-0.25, -0.2) is 0 Å². The molecule has 140 valence electrons. The van der Waals surface area contributed by atoms with Crippen LogP contribution in [0.4, 0.5) is 5.69 Å². The van der Waals surface area contributed by atoms with Crippen molar-refractivity contribution in [2.24, 2.45) is 34.2 Å². The van der Waals surface area contributed by atoms with Crippen molar-refractivity contribution in [1.29, 1.82) is 0 Å². The molecule has 2 bridgehead atoms. The standard InChI is InChI=1S/C22H25N3O2/c1-3-24(4-2)15-7-5-14(6-8-15)13-23-25-20(26)18-16-9-10-17(19(18)21(25)27)22(16)11-12-22/h5-10,13,16-19H,3-4,11-12H2,1-2H3/b23-13-/t16-,17-,18-,19+/m1/s1. The summed E-state index contributed by atoms with van der Waals surface area (Å²) in [6, 6.07) is 8.07. The van der Waals surface area contributed by atoms with Crippen molar-refractivity contribution in [2.45, 2.75) is 26.7 Å². The van der Waals surface area contributed by atoms with Gasteiger partial charge in [-0.3, -0.25) is 9.59 Å². The Morgan fingerprint density at radius 3 is 2.07 bits per heavy atom. The van der Waals surface area contributed by atoms with E-state index in [0.717, 1.165) is 42.2 Å². The van der Waals surface area contributed by atoms with Crippen LogP contribution in [-0.4, -0.2) is 36.1 Å². The molecule has 1 aromatic carbocycles. The number of anilines is 1. The van der Waals surface area contributed by atoms with E-state index in [1.165, 1.54) is 0 Å². The fraction of sp³-hybridized carbons (Fsp3) is 0.500. The second kappa shape index (κ2) is 5.78. The van der Waals surface area contributed by atoms with Crippen molar-refractivity contribution in [2.75, 3.05) is 18.0 Å². The van der Waals surface area contributed by atoms with E-state index in [4.69, 9.17) is 0 Å². The lowest BCUT2D eigenvalue weighted by Gasteiger charge is -2.21. The summed E-state index contributed by atoms with van der Waals surface area (Å²) in [6.07, 6.45) is 8.31. The predicted octanol–water partition coefficient (Wildman–Crippen LogP) is 3.06. The minimum absolute atomic E-state index is 0.107. The van der Waals surface area contributed by atoms with Crippen LogP contribution in [0.2, 0.25) is 0 Å². The molecular weight excluding hydrogens is 338 g/mol. The molecule has 27 heavy (non-hydrogen) atoms. The van der Waals surface area contributed by atoms with E-state index in [9.17, 15) is 9.59 Å². The van der Waals surface area contributed by atoms with Gasteiger partial charge in [-0.1, -0.05) is 24.3 Å². The van der Waals surface area contributed by atoms with Gasteiger partial charge < -0.3 is 4.90 Å². The molecule has 2 amide bonds. The molecule has 0 N–H and O–H groups in total. The highest BCUT2D eigenvalue weighted by Gasteiger charge is 2.73. The first-order valence-electron chi connectivity index (χ1n) is 10.1. The molecule has 4 atom stereocenters. The van der Waals surface area contributed by atoms with Gasteiger partial charge in [0.2, 0.25) is 0 Å². The number of hydrazone groups is 1. The number of allylic oxidation sites excluding steroid dienone is 2. The zero-order chi connectivity index (χ0) is 18.8. The summed E-state index contributed by atoms with van der Waals surface area (Å²) in [4.78, 5) is 28.1. The molecule has 0 unspecified atom stereocenters. The predicted molar refractivity (Wildman–Crippen MR) is 104 cm³/mol. The Labute approximate surface area is 159 Å². The third-order valence-electron chi connectivity index (χ3n) is 7.17. The summed E-state index contributed by atoms with van der Waals surface area (Å²) >= 11 is 0. The molecule has 2 saturated carbocycles. The smallest absolute Gasteiger partial charge is 0.254 e. The van der Waals surface area contributed by atoms with Crippen LogP contribution in [0, 0.1) is 29.1 Å². The molecule has 0 radical (unpaired) electrons. The summed E-state index contributed by atoms with van der Waals surface area (Å²) in [5.74, 6) is -0.0855. The van der Waals surface area contributed by atoms with E-state index < -0.39 is 0 Å². The number of fused-ring (bicyclic) bond motifs is 3. The number of hydrogen-bond acceptors (Lipinski definition) is 4.